The summed E-state index contributed by atoms with van der Waals surface area (Å²) >= 11 is 14.2. The van der Waals surface area contributed by atoms with E-state index >= 15 is 0 Å². The summed E-state index contributed by atoms with van der Waals surface area (Å²) in [6.07, 6.45) is 0.520. The highest BCUT2D eigenvalue weighted by Gasteiger charge is 2.19. The van der Waals surface area contributed by atoms with Gasteiger partial charge >= 0.3 is 0 Å². The van der Waals surface area contributed by atoms with Crippen molar-refractivity contribution < 1.29 is 4.79 Å². The number of nitrogens with two attached hydrogens (primary N) is 1. The van der Waals surface area contributed by atoms with Gasteiger partial charge in [0.25, 0.3) is 5.91 Å². The molecule has 0 spiro atoms. The van der Waals surface area contributed by atoms with Gasteiger partial charge in [-0.2, -0.15) is 0 Å². The first kappa shape index (κ1) is 17.4. The van der Waals surface area contributed by atoms with E-state index in [-0.39, 0.29) is 5.91 Å². The van der Waals surface area contributed by atoms with E-state index in [1.807, 2.05) is 0 Å². The number of amides is 1. The lowest BCUT2D eigenvalue weighted by Gasteiger charge is -2.25. The lowest BCUT2D eigenvalue weighted by Crippen LogP contribution is -2.36. The van der Waals surface area contributed by atoms with E-state index in [1.54, 1.807) is 23.1 Å². The van der Waals surface area contributed by atoms with Crippen LogP contribution >= 0.6 is 39.7 Å². The monoisotopic (exact) mass is 376 g/mol. The van der Waals surface area contributed by atoms with Crippen LogP contribution in [-0.4, -0.2) is 28.9 Å². The maximum absolute atomic E-state index is 12.6. The van der Waals surface area contributed by atoms with E-state index in [4.69, 9.17) is 29.6 Å². The van der Waals surface area contributed by atoms with Crippen molar-refractivity contribution in [2.24, 2.45) is 11.7 Å². The molecule has 0 aliphatic rings. The fourth-order valence-corrected chi connectivity index (χ4v) is 2.47. The summed E-state index contributed by atoms with van der Waals surface area (Å²) in [6.45, 7) is 5.30. The summed E-state index contributed by atoms with van der Waals surface area (Å²) in [4.78, 5) is 14.8. The number of hydrogen-bond acceptors (Lipinski definition) is 2. The van der Waals surface area contributed by atoms with Gasteiger partial charge in [0.2, 0.25) is 0 Å². The van der Waals surface area contributed by atoms with Crippen LogP contribution in [0.4, 0.5) is 0 Å². The Morgan fingerprint density at radius 1 is 1.50 bits per heavy atom. The first-order valence-corrected chi connectivity index (χ1v) is 7.91. The Morgan fingerprint density at radius 3 is 2.70 bits per heavy atom. The number of benzene rings is 1. The number of hydrogen-bond donors (Lipinski definition) is 1. The van der Waals surface area contributed by atoms with Crippen LogP contribution in [0.1, 0.15) is 30.6 Å². The van der Waals surface area contributed by atoms with E-state index in [0.29, 0.717) is 41.0 Å². The third kappa shape index (κ3) is 5.38. The molecule has 20 heavy (non-hydrogen) atoms. The second-order valence-electron chi connectivity index (χ2n) is 4.99. The fourth-order valence-electron chi connectivity index (χ4n) is 1.79. The summed E-state index contributed by atoms with van der Waals surface area (Å²) in [5.41, 5.74) is 6.08. The van der Waals surface area contributed by atoms with Crippen LogP contribution in [-0.2, 0) is 0 Å². The molecule has 0 heterocycles. The molecule has 0 atom stereocenters. The summed E-state index contributed by atoms with van der Waals surface area (Å²) < 4.78 is 0.732. The maximum Gasteiger partial charge on any atom is 0.255 e. The lowest BCUT2D eigenvalue weighted by atomic mass is 10.1. The highest BCUT2D eigenvalue weighted by atomic mass is 79.9. The summed E-state index contributed by atoms with van der Waals surface area (Å²) in [7, 11) is 0. The second-order valence-corrected chi connectivity index (χ2v) is 6.80. The molecule has 0 saturated heterocycles. The molecule has 1 amide bonds. The minimum absolute atomic E-state index is 0.0654. The van der Waals surface area contributed by atoms with E-state index in [0.717, 1.165) is 4.47 Å². The smallest absolute Gasteiger partial charge is 0.255 e. The van der Waals surface area contributed by atoms with Gasteiger partial charge in [-0.3, -0.25) is 4.79 Å². The van der Waals surface area contributed by atoms with E-state index in [1.165, 1.54) is 0 Å². The van der Waals surface area contributed by atoms with Crippen LogP contribution in [0.3, 0.4) is 0 Å². The van der Waals surface area contributed by atoms with Gasteiger partial charge in [-0.15, -0.1) is 0 Å². The Hall–Kier alpha value is -0.650. The Labute approximate surface area is 138 Å². The first-order chi connectivity index (χ1) is 9.31. The van der Waals surface area contributed by atoms with E-state index in [9.17, 15) is 4.79 Å². The third-order valence-electron chi connectivity index (χ3n) is 2.66. The van der Waals surface area contributed by atoms with Crippen molar-refractivity contribution in [1.82, 2.24) is 4.90 Å². The molecule has 0 fully saturated rings. The molecule has 0 saturated carbocycles. The zero-order chi connectivity index (χ0) is 15.3. The molecule has 1 aromatic rings. The molecule has 0 aromatic heterocycles. The molecule has 0 aliphatic carbocycles. The minimum atomic E-state index is -0.0654. The molecule has 0 unspecified atom stereocenters. The molecule has 2 N–H and O–H groups in total. The molecule has 0 bridgehead atoms. The van der Waals surface area contributed by atoms with Gasteiger partial charge in [-0.1, -0.05) is 37.7 Å². The predicted octanol–water partition coefficient (Wildman–Crippen LogP) is 3.88. The van der Waals surface area contributed by atoms with Crippen molar-refractivity contribution >= 4 is 50.6 Å². The molecular weight excluding hydrogens is 360 g/mol. The molecule has 1 aromatic carbocycles. The zero-order valence-electron chi connectivity index (χ0n) is 11.5. The van der Waals surface area contributed by atoms with E-state index < -0.39 is 0 Å². The normalized spacial score (nSPS) is 10.7. The number of thiocarbonyl (C=S) groups is 1. The molecule has 3 nitrogen and oxygen atoms in total. The van der Waals surface area contributed by atoms with Gasteiger partial charge in [0.1, 0.15) is 0 Å². The minimum Gasteiger partial charge on any atom is -0.393 e. The topological polar surface area (TPSA) is 46.3 Å². The lowest BCUT2D eigenvalue weighted by molar-refractivity contribution is 0.0740. The Morgan fingerprint density at radius 2 is 2.15 bits per heavy atom. The van der Waals surface area contributed by atoms with Crippen LogP contribution < -0.4 is 5.73 Å². The largest absolute Gasteiger partial charge is 0.393 e. The van der Waals surface area contributed by atoms with Crippen LogP contribution in [0, 0.1) is 5.92 Å². The van der Waals surface area contributed by atoms with Crippen molar-refractivity contribution in [2.75, 3.05) is 13.1 Å². The van der Waals surface area contributed by atoms with Crippen LogP contribution in [0.2, 0.25) is 5.02 Å². The standard InChI is InChI=1S/C14H18BrClN2OS/c1-9(2)8-18(6-5-13(17)20)14(19)11-7-10(16)3-4-12(11)15/h3-4,7,9H,5-6,8H2,1-2H3,(H2,17,20). The highest BCUT2D eigenvalue weighted by molar-refractivity contribution is 9.10. The van der Waals surface area contributed by atoms with Crippen LogP contribution in [0.15, 0.2) is 22.7 Å². The van der Waals surface area contributed by atoms with Crippen molar-refractivity contribution in [3.8, 4) is 0 Å². The van der Waals surface area contributed by atoms with Gasteiger partial charge in [-0.25, -0.2) is 0 Å². The van der Waals surface area contributed by atoms with E-state index in [2.05, 4.69) is 29.8 Å². The molecule has 0 radical (unpaired) electrons. The molecule has 6 heteroatoms. The van der Waals surface area contributed by atoms with Crippen molar-refractivity contribution in [3.63, 3.8) is 0 Å². The van der Waals surface area contributed by atoms with Gasteiger partial charge in [0.05, 0.1) is 10.6 Å². The Bertz CT molecular complexity index is 508. The van der Waals surface area contributed by atoms with Crippen LogP contribution in [0.5, 0.6) is 0 Å². The maximum atomic E-state index is 12.6. The van der Waals surface area contributed by atoms with Crippen LogP contribution in [0.25, 0.3) is 0 Å². The van der Waals surface area contributed by atoms with Gasteiger partial charge in [0.15, 0.2) is 0 Å². The number of halogens is 2. The average molecular weight is 378 g/mol. The molecule has 1 rings (SSSR count). The van der Waals surface area contributed by atoms with Crippen molar-refractivity contribution in [2.45, 2.75) is 20.3 Å². The Balaban J connectivity index is 2.96. The summed E-state index contributed by atoms with van der Waals surface area (Å²) in [6, 6.07) is 5.18. The fraction of sp³-hybridized carbons (Fsp3) is 0.429. The van der Waals surface area contributed by atoms with Gasteiger partial charge in [0, 0.05) is 29.0 Å². The average Bonchev–Trinajstić information content (AvgIpc) is 2.36. The first-order valence-electron chi connectivity index (χ1n) is 6.34. The highest BCUT2D eigenvalue weighted by Crippen LogP contribution is 2.23. The van der Waals surface area contributed by atoms with Gasteiger partial charge in [-0.05, 0) is 40.0 Å². The molecule has 0 aliphatic heterocycles. The summed E-state index contributed by atoms with van der Waals surface area (Å²) in [5, 5.41) is 0.537. The number of rotatable bonds is 6. The van der Waals surface area contributed by atoms with Gasteiger partial charge < -0.3 is 10.6 Å². The number of carbonyl (C=O) groups excluding carboxylic acids is 1. The zero-order valence-corrected chi connectivity index (χ0v) is 14.7. The quantitative estimate of drug-likeness (QED) is 0.765. The predicted molar refractivity (Wildman–Crippen MR) is 91.3 cm³/mol. The third-order valence-corrected chi connectivity index (χ3v) is 3.79. The number of nitrogens with zero attached hydrogens (tertiary/aromatic N) is 1. The molecule has 110 valence electrons. The summed E-state index contributed by atoms with van der Waals surface area (Å²) in [5.74, 6) is 0.299. The molecular formula is C14H18BrClN2OS. The van der Waals surface area contributed by atoms with Crippen molar-refractivity contribution in [1.29, 1.82) is 0 Å². The Kier molecular flexibility index (Phi) is 6.92. The van der Waals surface area contributed by atoms with Crippen molar-refractivity contribution in [3.05, 3.63) is 33.3 Å². The second kappa shape index (κ2) is 7.96. The SMILES string of the molecule is CC(C)CN(CCC(N)=S)C(=O)c1cc(Cl)ccc1Br. The number of carbonyl (C=O) groups is 1.